The Hall–Kier alpha value is -2.64. The first-order valence-electron chi connectivity index (χ1n) is 7.64. The fourth-order valence-electron chi connectivity index (χ4n) is 2.18. The van der Waals surface area contributed by atoms with Crippen molar-refractivity contribution in [3.8, 4) is 11.4 Å². The molecule has 0 aliphatic heterocycles. The number of carbonyl (C=O) groups is 1. The van der Waals surface area contributed by atoms with Gasteiger partial charge in [0.2, 0.25) is 11.7 Å². The van der Waals surface area contributed by atoms with Gasteiger partial charge >= 0.3 is 12.1 Å². The zero-order valence-corrected chi connectivity index (χ0v) is 13.3. The minimum Gasteiger partial charge on any atom is -0.478 e. The predicted octanol–water partition coefficient (Wildman–Crippen LogP) is 4.20. The van der Waals surface area contributed by atoms with Crippen molar-refractivity contribution >= 4 is 5.97 Å². The molecule has 2 aromatic rings. The molecule has 5 nitrogen and oxygen atoms in total. The third kappa shape index (κ3) is 6.06. The lowest BCUT2D eigenvalue weighted by molar-refractivity contribution is -0.135. The van der Waals surface area contributed by atoms with Gasteiger partial charge in [-0.05, 0) is 24.8 Å². The predicted molar refractivity (Wildman–Crippen MR) is 83.8 cm³/mol. The second-order valence-corrected chi connectivity index (χ2v) is 5.62. The van der Waals surface area contributed by atoms with Crippen LogP contribution >= 0.6 is 0 Å². The number of carboxylic acids is 1. The Morgan fingerprint density at radius 1 is 1.20 bits per heavy atom. The van der Waals surface area contributed by atoms with Crippen molar-refractivity contribution in [2.75, 3.05) is 0 Å². The molecule has 1 heterocycles. The van der Waals surface area contributed by atoms with Crippen LogP contribution in [0.25, 0.3) is 11.4 Å². The highest BCUT2D eigenvalue weighted by molar-refractivity contribution is 5.86. The van der Waals surface area contributed by atoms with E-state index in [1.54, 1.807) is 24.3 Å². The van der Waals surface area contributed by atoms with Gasteiger partial charge in [-0.3, -0.25) is 0 Å². The van der Waals surface area contributed by atoms with Crippen LogP contribution in [0.1, 0.15) is 30.7 Å². The zero-order valence-electron chi connectivity index (χ0n) is 13.3. The number of benzene rings is 1. The van der Waals surface area contributed by atoms with Gasteiger partial charge in [-0.1, -0.05) is 36.0 Å². The average molecular weight is 354 g/mol. The highest BCUT2D eigenvalue weighted by Gasteiger charge is 2.25. The highest BCUT2D eigenvalue weighted by Crippen LogP contribution is 2.23. The van der Waals surface area contributed by atoms with Crippen LogP contribution < -0.4 is 0 Å². The van der Waals surface area contributed by atoms with E-state index in [-0.39, 0.29) is 24.3 Å². The topological polar surface area (TPSA) is 76.2 Å². The molecule has 8 heteroatoms. The molecule has 1 aromatic carbocycles. The second-order valence-electron chi connectivity index (χ2n) is 5.62. The first-order valence-corrected chi connectivity index (χ1v) is 7.64. The van der Waals surface area contributed by atoms with Crippen LogP contribution in [-0.4, -0.2) is 27.4 Å². The lowest BCUT2D eigenvalue weighted by Crippen LogP contribution is -2.06. The summed E-state index contributed by atoms with van der Waals surface area (Å²) in [5.41, 5.74) is 1.55. The second kappa shape index (κ2) is 7.96. The van der Waals surface area contributed by atoms with Gasteiger partial charge in [0.1, 0.15) is 0 Å². The zero-order chi connectivity index (χ0) is 18.4. The quantitative estimate of drug-likeness (QED) is 0.568. The first kappa shape index (κ1) is 18.7. The monoisotopic (exact) mass is 354 g/mol. The number of carboxylic acid groups (broad SMARTS) is 1. The molecule has 0 fully saturated rings. The number of aromatic nitrogens is 2. The van der Waals surface area contributed by atoms with Crippen LogP contribution in [0.3, 0.4) is 0 Å². The van der Waals surface area contributed by atoms with Crippen molar-refractivity contribution in [2.45, 2.75) is 38.3 Å². The summed E-state index contributed by atoms with van der Waals surface area (Å²) in [4.78, 5) is 14.8. The first-order chi connectivity index (χ1) is 11.7. The largest absolute Gasteiger partial charge is 0.478 e. The van der Waals surface area contributed by atoms with E-state index in [9.17, 15) is 18.0 Å². The maximum Gasteiger partial charge on any atom is 0.389 e. The smallest absolute Gasteiger partial charge is 0.389 e. The maximum absolute atomic E-state index is 12.1. The summed E-state index contributed by atoms with van der Waals surface area (Å²) in [6.45, 7) is 3.40. The van der Waals surface area contributed by atoms with E-state index in [1.807, 2.05) is 0 Å². The summed E-state index contributed by atoms with van der Waals surface area (Å²) < 4.78 is 41.2. The molecule has 0 aliphatic rings. The minimum atomic E-state index is -4.11. The van der Waals surface area contributed by atoms with Gasteiger partial charge in [0.25, 0.3) is 0 Å². The van der Waals surface area contributed by atoms with Crippen molar-refractivity contribution < 1.29 is 27.6 Å². The molecule has 0 bridgehead atoms. The molecule has 0 saturated heterocycles. The molecule has 1 N–H and O–H groups in total. The molecule has 134 valence electrons. The Balaban J connectivity index is 1.90. The third-order valence-electron chi connectivity index (χ3n) is 3.52. The third-order valence-corrected chi connectivity index (χ3v) is 3.52. The number of nitrogens with zero attached hydrogens (tertiary/aromatic N) is 2. The molecular weight excluding hydrogens is 337 g/mol. The number of aliphatic carboxylic acids is 1. The van der Waals surface area contributed by atoms with E-state index in [2.05, 4.69) is 16.7 Å². The molecule has 0 aliphatic carbocycles. The number of alkyl halides is 3. The molecule has 0 radical (unpaired) electrons. The van der Waals surface area contributed by atoms with Gasteiger partial charge in [0.15, 0.2) is 0 Å². The van der Waals surface area contributed by atoms with Crippen molar-refractivity contribution in [3.63, 3.8) is 0 Å². The van der Waals surface area contributed by atoms with E-state index in [1.165, 1.54) is 0 Å². The summed E-state index contributed by atoms with van der Waals surface area (Å²) in [5.74, 6) is -0.662. The summed E-state index contributed by atoms with van der Waals surface area (Å²) in [7, 11) is 0. The van der Waals surface area contributed by atoms with Crippen LogP contribution in [-0.2, 0) is 17.6 Å². The number of halogens is 3. The fourth-order valence-corrected chi connectivity index (χ4v) is 2.18. The van der Waals surface area contributed by atoms with E-state index < -0.39 is 18.6 Å². The molecule has 0 unspecified atom stereocenters. The highest BCUT2D eigenvalue weighted by atomic mass is 19.4. The van der Waals surface area contributed by atoms with E-state index >= 15 is 0 Å². The molecule has 2 rings (SSSR count). The summed E-state index contributed by atoms with van der Waals surface area (Å²) >= 11 is 0. The fraction of sp³-hybridized carbons (Fsp3) is 0.353. The lowest BCUT2D eigenvalue weighted by atomic mass is 10.0. The molecule has 0 amide bonds. The van der Waals surface area contributed by atoms with Crippen molar-refractivity contribution in [2.24, 2.45) is 0 Å². The van der Waals surface area contributed by atoms with Crippen LogP contribution in [0, 0.1) is 0 Å². The normalized spacial score (nSPS) is 11.5. The van der Waals surface area contributed by atoms with Crippen LogP contribution in [0.15, 0.2) is 40.9 Å². The number of hydrogen-bond acceptors (Lipinski definition) is 4. The number of rotatable bonds is 8. The number of unbranched alkanes of at least 4 members (excludes halogenated alkanes) is 1. The van der Waals surface area contributed by atoms with Gasteiger partial charge < -0.3 is 9.63 Å². The molecule has 0 spiro atoms. The Morgan fingerprint density at radius 3 is 2.48 bits per heavy atom. The minimum absolute atomic E-state index is 0.0420. The van der Waals surface area contributed by atoms with Gasteiger partial charge in [-0.15, -0.1) is 0 Å². The maximum atomic E-state index is 12.1. The summed E-state index contributed by atoms with van der Waals surface area (Å²) in [5, 5.41) is 12.6. The van der Waals surface area contributed by atoms with Gasteiger partial charge in [-0.25, -0.2) is 4.79 Å². The molecule has 0 saturated carbocycles. The SMILES string of the molecule is C=C(Cc1nc(-c2ccc(CCCCC(F)(F)F)cc2)no1)C(=O)O. The standard InChI is InChI=1S/C17H17F3N2O3/c1-11(16(23)24)10-14-21-15(22-25-14)13-7-5-12(6-8-13)4-2-3-9-17(18,19)20/h5-8H,1-4,9-10H2,(H,23,24). The van der Waals surface area contributed by atoms with Gasteiger partial charge in [-0.2, -0.15) is 18.2 Å². The number of aryl methyl sites for hydroxylation is 1. The van der Waals surface area contributed by atoms with Crippen molar-refractivity contribution in [3.05, 3.63) is 47.9 Å². The Kier molecular flexibility index (Phi) is 5.95. The summed E-state index contributed by atoms with van der Waals surface area (Å²) in [6, 6.07) is 7.10. The van der Waals surface area contributed by atoms with E-state index in [0.717, 1.165) is 5.56 Å². The van der Waals surface area contributed by atoms with Gasteiger partial charge in [0.05, 0.1) is 6.42 Å². The molecule has 25 heavy (non-hydrogen) atoms. The Morgan fingerprint density at radius 2 is 1.88 bits per heavy atom. The van der Waals surface area contributed by atoms with Crippen LogP contribution in [0.5, 0.6) is 0 Å². The van der Waals surface area contributed by atoms with Crippen molar-refractivity contribution in [1.29, 1.82) is 0 Å². The van der Waals surface area contributed by atoms with E-state index in [0.29, 0.717) is 24.2 Å². The molecule has 1 aromatic heterocycles. The van der Waals surface area contributed by atoms with E-state index in [4.69, 9.17) is 9.63 Å². The molecule has 0 atom stereocenters. The lowest BCUT2D eigenvalue weighted by Gasteiger charge is -2.06. The summed E-state index contributed by atoms with van der Waals surface area (Å²) in [6.07, 6.45) is -3.79. The average Bonchev–Trinajstić information content (AvgIpc) is 2.99. The number of hydrogen-bond donors (Lipinski definition) is 1. The Bertz CT molecular complexity index is 736. The Labute approximate surface area is 142 Å². The van der Waals surface area contributed by atoms with Crippen LogP contribution in [0.2, 0.25) is 0 Å². The molecular formula is C17H17F3N2O3. The van der Waals surface area contributed by atoms with Crippen LogP contribution in [0.4, 0.5) is 13.2 Å². The van der Waals surface area contributed by atoms with Crippen molar-refractivity contribution in [1.82, 2.24) is 10.1 Å². The van der Waals surface area contributed by atoms with Gasteiger partial charge in [0, 0.05) is 17.6 Å².